The monoisotopic (exact) mass is 324 g/mol. The third kappa shape index (κ3) is 3.53. The van der Waals surface area contributed by atoms with Crippen LogP contribution in [0.25, 0.3) is 0 Å². The molecule has 1 heterocycles. The molecule has 0 aliphatic rings. The van der Waals surface area contributed by atoms with E-state index in [1.54, 1.807) is 0 Å². The van der Waals surface area contributed by atoms with E-state index in [9.17, 15) is 10.2 Å². The van der Waals surface area contributed by atoms with E-state index in [4.69, 9.17) is 0 Å². The molecule has 3 aromatic rings. The summed E-state index contributed by atoms with van der Waals surface area (Å²) < 4.78 is 0. The summed E-state index contributed by atoms with van der Waals surface area (Å²) in [4.78, 5) is 1.69. The molecule has 2 atom stereocenters. The van der Waals surface area contributed by atoms with Gasteiger partial charge in [0.15, 0.2) is 0 Å². The lowest BCUT2D eigenvalue weighted by Gasteiger charge is -2.11. The van der Waals surface area contributed by atoms with Crippen molar-refractivity contribution in [2.45, 2.75) is 26.1 Å². The highest BCUT2D eigenvalue weighted by Gasteiger charge is 2.17. The van der Waals surface area contributed by atoms with Crippen molar-refractivity contribution < 1.29 is 10.2 Å². The molecular weight excluding hydrogens is 304 g/mol. The lowest BCUT2D eigenvalue weighted by molar-refractivity contribution is 0.223. The van der Waals surface area contributed by atoms with Gasteiger partial charge in [-0.2, -0.15) is 0 Å². The second-order valence-electron chi connectivity index (χ2n) is 5.87. The molecule has 2 nitrogen and oxygen atoms in total. The zero-order valence-electron chi connectivity index (χ0n) is 13.2. The highest BCUT2D eigenvalue weighted by Crippen LogP contribution is 2.33. The van der Waals surface area contributed by atoms with Gasteiger partial charge in [0.25, 0.3) is 0 Å². The molecule has 1 aromatic heterocycles. The lowest BCUT2D eigenvalue weighted by atomic mass is 10.1. The Hall–Kier alpha value is -1.94. The molecule has 0 aliphatic heterocycles. The molecule has 0 saturated heterocycles. The van der Waals surface area contributed by atoms with Gasteiger partial charge >= 0.3 is 0 Å². The largest absolute Gasteiger partial charge is 0.383 e. The Morgan fingerprint density at radius 2 is 0.957 bits per heavy atom. The van der Waals surface area contributed by atoms with Crippen LogP contribution >= 0.6 is 11.3 Å². The molecule has 118 valence electrons. The maximum absolute atomic E-state index is 10.5. The Morgan fingerprint density at radius 1 is 0.609 bits per heavy atom. The molecule has 2 N–H and O–H groups in total. The first-order chi connectivity index (χ1) is 11.0. The molecule has 3 heteroatoms. The number of aliphatic hydroxyl groups is 2. The topological polar surface area (TPSA) is 40.5 Å². The molecule has 0 radical (unpaired) electrons. The van der Waals surface area contributed by atoms with Crippen molar-refractivity contribution in [1.82, 2.24) is 0 Å². The summed E-state index contributed by atoms with van der Waals surface area (Å²) in [6.07, 6.45) is -1.31. The van der Waals surface area contributed by atoms with Crippen LogP contribution in [-0.2, 0) is 0 Å². The molecule has 0 spiro atoms. The van der Waals surface area contributed by atoms with E-state index in [1.807, 2.05) is 74.5 Å². The Bertz CT molecular complexity index is 706. The van der Waals surface area contributed by atoms with Crippen molar-refractivity contribution in [3.63, 3.8) is 0 Å². The van der Waals surface area contributed by atoms with Gasteiger partial charge in [0, 0.05) is 9.75 Å². The molecule has 0 amide bonds. The molecule has 2 aromatic carbocycles. The summed E-state index contributed by atoms with van der Waals surface area (Å²) in [5, 5.41) is 21.0. The summed E-state index contributed by atoms with van der Waals surface area (Å²) in [6.45, 7) is 4.05. The normalized spacial score (nSPS) is 13.7. The van der Waals surface area contributed by atoms with Gasteiger partial charge in [-0.25, -0.2) is 0 Å². The van der Waals surface area contributed by atoms with E-state index >= 15 is 0 Å². The molecule has 0 bridgehead atoms. The van der Waals surface area contributed by atoms with E-state index in [0.29, 0.717) is 0 Å². The van der Waals surface area contributed by atoms with Crippen molar-refractivity contribution >= 4 is 11.3 Å². The third-order valence-corrected chi connectivity index (χ3v) is 5.16. The zero-order chi connectivity index (χ0) is 16.4. The molecule has 23 heavy (non-hydrogen) atoms. The second kappa shape index (κ2) is 6.67. The number of hydrogen-bond acceptors (Lipinski definition) is 3. The standard InChI is InChI=1S/C20H20O2S/c1-13-3-7-15(8-4-13)19(21)17-11-12-18(23-17)20(22)16-9-5-14(2)6-10-16/h3-12,19-22H,1-2H3/t19-,20+. The summed E-state index contributed by atoms with van der Waals surface area (Å²) in [7, 11) is 0. The van der Waals surface area contributed by atoms with Crippen molar-refractivity contribution in [3.05, 3.63) is 92.7 Å². The van der Waals surface area contributed by atoms with Crippen LogP contribution < -0.4 is 0 Å². The van der Waals surface area contributed by atoms with E-state index in [-0.39, 0.29) is 0 Å². The summed E-state index contributed by atoms with van der Waals surface area (Å²) in [6, 6.07) is 19.5. The smallest absolute Gasteiger partial charge is 0.113 e. The molecule has 0 unspecified atom stereocenters. The Kier molecular flexibility index (Phi) is 4.62. The average Bonchev–Trinajstić information content (AvgIpc) is 3.05. The highest BCUT2D eigenvalue weighted by atomic mass is 32.1. The van der Waals surface area contributed by atoms with Gasteiger partial charge in [-0.15, -0.1) is 11.3 Å². The van der Waals surface area contributed by atoms with E-state index < -0.39 is 12.2 Å². The minimum atomic E-state index is -0.653. The van der Waals surface area contributed by atoms with Gasteiger partial charge in [0.2, 0.25) is 0 Å². The van der Waals surface area contributed by atoms with Crippen molar-refractivity contribution in [2.24, 2.45) is 0 Å². The van der Waals surface area contributed by atoms with Crippen LogP contribution in [0.1, 0.15) is 44.2 Å². The summed E-state index contributed by atoms with van der Waals surface area (Å²) >= 11 is 1.45. The molecule has 0 fully saturated rings. The van der Waals surface area contributed by atoms with Crippen LogP contribution in [-0.4, -0.2) is 10.2 Å². The predicted octanol–water partition coefficient (Wildman–Crippen LogP) is 4.53. The van der Waals surface area contributed by atoms with Gasteiger partial charge in [0.1, 0.15) is 12.2 Å². The van der Waals surface area contributed by atoms with Crippen LogP contribution in [0.2, 0.25) is 0 Å². The number of thiophene rings is 1. The number of benzene rings is 2. The highest BCUT2D eigenvalue weighted by molar-refractivity contribution is 7.12. The van der Waals surface area contributed by atoms with Gasteiger partial charge in [-0.3, -0.25) is 0 Å². The SMILES string of the molecule is Cc1ccc([C@@H](O)c2ccc([C@@H](O)c3ccc(C)cc3)s2)cc1. The molecular formula is C20H20O2S. The molecule has 3 rings (SSSR count). The minimum Gasteiger partial charge on any atom is -0.383 e. The van der Waals surface area contributed by atoms with E-state index in [2.05, 4.69) is 0 Å². The first kappa shape index (κ1) is 15.9. The second-order valence-corrected chi connectivity index (χ2v) is 7.01. The summed E-state index contributed by atoms with van der Waals surface area (Å²) in [5.41, 5.74) is 4.08. The Balaban J connectivity index is 1.82. The quantitative estimate of drug-likeness (QED) is 0.740. The zero-order valence-corrected chi connectivity index (χ0v) is 14.0. The molecule has 0 saturated carbocycles. The number of aryl methyl sites for hydroxylation is 2. The van der Waals surface area contributed by atoms with Crippen LogP contribution in [0.3, 0.4) is 0 Å². The maximum atomic E-state index is 10.5. The van der Waals surface area contributed by atoms with Gasteiger partial charge < -0.3 is 10.2 Å². The lowest BCUT2D eigenvalue weighted by Crippen LogP contribution is -1.97. The van der Waals surface area contributed by atoms with Gasteiger partial charge in [-0.1, -0.05) is 59.7 Å². The summed E-state index contributed by atoms with van der Waals surface area (Å²) in [5.74, 6) is 0. The fourth-order valence-corrected chi connectivity index (χ4v) is 3.53. The molecule has 0 aliphatic carbocycles. The average molecular weight is 324 g/mol. The van der Waals surface area contributed by atoms with Crippen molar-refractivity contribution in [2.75, 3.05) is 0 Å². The van der Waals surface area contributed by atoms with Crippen LogP contribution in [0.15, 0.2) is 60.7 Å². The van der Waals surface area contributed by atoms with E-state index in [0.717, 1.165) is 20.9 Å². The fourth-order valence-electron chi connectivity index (χ4n) is 2.49. The minimum absolute atomic E-state index is 0.653. The predicted molar refractivity (Wildman–Crippen MR) is 94.8 cm³/mol. The van der Waals surface area contributed by atoms with Crippen molar-refractivity contribution in [3.8, 4) is 0 Å². The third-order valence-electron chi connectivity index (χ3n) is 3.97. The first-order valence-electron chi connectivity index (χ1n) is 7.63. The Morgan fingerprint density at radius 3 is 1.30 bits per heavy atom. The first-order valence-corrected chi connectivity index (χ1v) is 8.45. The van der Waals surface area contributed by atoms with E-state index in [1.165, 1.54) is 22.5 Å². The Labute approximate surface area is 140 Å². The van der Waals surface area contributed by atoms with Crippen LogP contribution in [0.4, 0.5) is 0 Å². The fraction of sp³-hybridized carbons (Fsp3) is 0.200. The number of hydrogen-bond donors (Lipinski definition) is 2. The van der Waals surface area contributed by atoms with Crippen LogP contribution in [0, 0.1) is 13.8 Å². The number of rotatable bonds is 4. The van der Waals surface area contributed by atoms with Crippen molar-refractivity contribution in [1.29, 1.82) is 0 Å². The maximum Gasteiger partial charge on any atom is 0.113 e. The van der Waals surface area contributed by atoms with Gasteiger partial charge in [0.05, 0.1) is 0 Å². The number of aliphatic hydroxyl groups excluding tert-OH is 2. The van der Waals surface area contributed by atoms with Gasteiger partial charge in [-0.05, 0) is 37.1 Å². The van der Waals surface area contributed by atoms with Crippen LogP contribution in [0.5, 0.6) is 0 Å².